The Morgan fingerprint density at radius 1 is 0.818 bits per heavy atom. The molecule has 22 heavy (non-hydrogen) atoms. The molecule has 4 nitrogen and oxygen atoms in total. The third kappa shape index (κ3) is 3.02. The summed E-state index contributed by atoms with van der Waals surface area (Å²) in [5.74, 6) is 0. The highest BCUT2D eigenvalue weighted by Crippen LogP contribution is 2.31. The van der Waals surface area contributed by atoms with E-state index in [1.54, 1.807) is 6.07 Å². The fraction of sp³-hybridized carbons (Fsp3) is 0. The molecule has 1 heterocycles. The van der Waals surface area contributed by atoms with Crippen LogP contribution < -0.4 is 16.0 Å². The van der Waals surface area contributed by atoms with E-state index in [1.807, 2.05) is 36.4 Å². The first-order valence-corrected chi connectivity index (χ1v) is 8.34. The predicted molar refractivity (Wildman–Crippen MR) is 91.0 cm³/mol. The molecule has 0 fully saturated rings. The summed E-state index contributed by atoms with van der Waals surface area (Å²) in [5, 5.41) is 13.2. The molecule has 0 saturated carbocycles. The summed E-state index contributed by atoms with van der Waals surface area (Å²) in [5.41, 5.74) is 0.916. The van der Waals surface area contributed by atoms with Gasteiger partial charge < -0.3 is 0 Å². The van der Waals surface area contributed by atoms with Crippen LogP contribution in [0.1, 0.15) is 0 Å². The molecular formula is C17H14N2O2P+. The Hall–Kier alpha value is -2.58. The molecule has 0 unspecified atom stereocenters. The zero-order chi connectivity index (χ0) is 15.4. The molecule has 1 aromatic heterocycles. The summed E-state index contributed by atoms with van der Waals surface area (Å²) in [6.45, 7) is 0. The van der Waals surface area contributed by atoms with Gasteiger partial charge in [-0.2, -0.15) is 0 Å². The molecule has 0 spiro atoms. The highest BCUT2D eigenvalue weighted by Gasteiger charge is 2.27. The first-order chi connectivity index (χ1) is 10.8. The highest BCUT2D eigenvalue weighted by atomic mass is 31.1. The van der Waals surface area contributed by atoms with E-state index in [2.05, 4.69) is 29.2 Å². The van der Waals surface area contributed by atoms with E-state index in [1.165, 1.54) is 22.9 Å². The van der Waals surface area contributed by atoms with Crippen LogP contribution in [0.4, 0.5) is 5.69 Å². The molecule has 3 aromatic rings. The molecule has 0 aliphatic rings. The summed E-state index contributed by atoms with van der Waals surface area (Å²) < 4.78 is 0. The summed E-state index contributed by atoms with van der Waals surface area (Å²) in [7, 11) is -1.25. The molecule has 0 saturated heterocycles. The lowest BCUT2D eigenvalue weighted by atomic mass is 10.4. The lowest BCUT2D eigenvalue weighted by Crippen LogP contribution is -2.22. The average molecular weight is 309 g/mol. The zero-order valence-electron chi connectivity index (χ0n) is 11.7. The molecule has 0 N–H and O–H groups in total. The van der Waals surface area contributed by atoms with Gasteiger partial charge in [-0.1, -0.05) is 36.4 Å². The lowest BCUT2D eigenvalue weighted by Gasteiger charge is -2.09. The van der Waals surface area contributed by atoms with Crippen molar-refractivity contribution >= 4 is 29.7 Å². The molecule has 108 valence electrons. The number of pyridine rings is 1. The van der Waals surface area contributed by atoms with Gasteiger partial charge in [-0.05, 0) is 24.3 Å². The van der Waals surface area contributed by atoms with Crippen LogP contribution in [0.3, 0.4) is 0 Å². The number of nitrogens with zero attached hydrogens (tertiary/aromatic N) is 2. The maximum Gasteiger partial charge on any atom is 0.287 e. The van der Waals surface area contributed by atoms with Gasteiger partial charge in [0.05, 0.1) is 4.92 Å². The Bertz CT molecular complexity index is 722. The molecule has 0 atom stereocenters. The van der Waals surface area contributed by atoms with Gasteiger partial charge in [0.2, 0.25) is 0 Å². The topological polar surface area (TPSA) is 56.0 Å². The number of hydrogen-bond acceptors (Lipinski definition) is 3. The van der Waals surface area contributed by atoms with Crippen LogP contribution in [-0.4, -0.2) is 9.91 Å². The van der Waals surface area contributed by atoms with E-state index in [0.717, 1.165) is 5.44 Å². The molecule has 3 rings (SSSR count). The molecule has 0 aliphatic carbocycles. The Balaban J connectivity index is 2.08. The van der Waals surface area contributed by atoms with E-state index in [4.69, 9.17) is 0 Å². The van der Waals surface area contributed by atoms with Crippen molar-refractivity contribution in [2.24, 2.45) is 0 Å². The predicted octanol–water partition coefficient (Wildman–Crippen LogP) is 2.48. The maximum atomic E-state index is 10.8. The minimum absolute atomic E-state index is 0.0197. The fourth-order valence-corrected chi connectivity index (χ4v) is 4.73. The minimum Gasteiger partial charge on any atom is -0.258 e. The van der Waals surface area contributed by atoms with Crippen LogP contribution in [0.15, 0.2) is 79.0 Å². The van der Waals surface area contributed by atoms with Crippen molar-refractivity contribution in [3.05, 3.63) is 89.1 Å². The van der Waals surface area contributed by atoms with E-state index < -0.39 is 12.8 Å². The van der Waals surface area contributed by atoms with Gasteiger partial charge in [0.15, 0.2) is 5.44 Å². The van der Waals surface area contributed by atoms with Gasteiger partial charge >= 0.3 is 0 Å². The van der Waals surface area contributed by atoms with Gasteiger partial charge in [-0.3, -0.25) is 10.1 Å². The third-order valence-corrected chi connectivity index (χ3v) is 5.97. The monoisotopic (exact) mass is 309 g/mol. The average Bonchev–Trinajstić information content (AvgIpc) is 2.57. The van der Waals surface area contributed by atoms with Crippen molar-refractivity contribution in [2.45, 2.75) is 0 Å². The number of aromatic nitrogens is 1. The van der Waals surface area contributed by atoms with Crippen LogP contribution >= 0.6 is 7.92 Å². The number of benzene rings is 2. The van der Waals surface area contributed by atoms with Gasteiger partial charge in [0.1, 0.15) is 24.7 Å². The molecule has 0 amide bonds. The SMILES string of the molecule is O=[N+]([O-])c1ccc([PH+](c2ccccc2)c2ccccc2)nc1. The number of hydrogen-bond donors (Lipinski definition) is 0. The Morgan fingerprint density at radius 2 is 1.36 bits per heavy atom. The van der Waals surface area contributed by atoms with Crippen molar-refractivity contribution in [1.29, 1.82) is 0 Å². The lowest BCUT2D eigenvalue weighted by molar-refractivity contribution is -0.385. The van der Waals surface area contributed by atoms with E-state index >= 15 is 0 Å². The Kier molecular flexibility index (Phi) is 4.22. The van der Waals surface area contributed by atoms with Crippen molar-refractivity contribution in [1.82, 2.24) is 4.98 Å². The first kappa shape index (κ1) is 14.4. The van der Waals surface area contributed by atoms with Gasteiger partial charge in [-0.15, -0.1) is 0 Å². The molecule has 0 bridgehead atoms. The molecule has 0 aliphatic heterocycles. The second kappa shape index (κ2) is 6.46. The summed E-state index contributed by atoms with van der Waals surface area (Å²) in [6, 6.07) is 23.6. The van der Waals surface area contributed by atoms with Crippen LogP contribution in [0, 0.1) is 10.1 Å². The standard InChI is InChI=1S/C17H13N2O2P/c20-19(21)14-11-12-17(18-13-14)22(15-7-3-1-4-8-15)16-9-5-2-6-10-16/h1-13H/p+1. The normalized spacial score (nSPS) is 10.6. The van der Waals surface area contributed by atoms with Crippen molar-refractivity contribution in [2.75, 3.05) is 0 Å². The van der Waals surface area contributed by atoms with Gasteiger partial charge in [0.25, 0.3) is 5.69 Å². The molecule has 2 aromatic carbocycles. The quantitative estimate of drug-likeness (QED) is 0.423. The van der Waals surface area contributed by atoms with Crippen LogP contribution in [0.25, 0.3) is 0 Å². The minimum atomic E-state index is -1.25. The fourth-order valence-electron chi connectivity index (χ4n) is 2.31. The third-order valence-electron chi connectivity index (χ3n) is 3.34. The smallest absolute Gasteiger partial charge is 0.258 e. The second-order valence-corrected chi connectivity index (χ2v) is 7.18. The highest BCUT2D eigenvalue weighted by molar-refractivity contribution is 7.79. The second-order valence-electron chi connectivity index (χ2n) is 4.77. The summed E-state index contributed by atoms with van der Waals surface area (Å²) in [4.78, 5) is 14.7. The van der Waals surface area contributed by atoms with Crippen molar-refractivity contribution in [3.8, 4) is 0 Å². The first-order valence-electron chi connectivity index (χ1n) is 6.84. The van der Waals surface area contributed by atoms with Crippen LogP contribution in [0.5, 0.6) is 0 Å². The van der Waals surface area contributed by atoms with E-state index in [9.17, 15) is 10.1 Å². The summed E-state index contributed by atoms with van der Waals surface area (Å²) in [6.07, 6.45) is 1.34. The van der Waals surface area contributed by atoms with Gasteiger partial charge in [0, 0.05) is 12.1 Å². The molecular weight excluding hydrogens is 295 g/mol. The van der Waals surface area contributed by atoms with Crippen LogP contribution in [-0.2, 0) is 0 Å². The summed E-state index contributed by atoms with van der Waals surface area (Å²) >= 11 is 0. The van der Waals surface area contributed by atoms with Crippen molar-refractivity contribution in [3.63, 3.8) is 0 Å². The number of nitro groups is 1. The number of rotatable bonds is 4. The Labute approximate surface area is 129 Å². The zero-order valence-corrected chi connectivity index (χ0v) is 12.7. The molecule has 0 radical (unpaired) electrons. The largest absolute Gasteiger partial charge is 0.287 e. The van der Waals surface area contributed by atoms with E-state index in [-0.39, 0.29) is 5.69 Å². The molecule has 5 heteroatoms. The van der Waals surface area contributed by atoms with Crippen LogP contribution in [0.2, 0.25) is 0 Å². The van der Waals surface area contributed by atoms with Gasteiger partial charge in [-0.25, -0.2) is 4.98 Å². The van der Waals surface area contributed by atoms with Crippen molar-refractivity contribution < 1.29 is 4.92 Å². The maximum absolute atomic E-state index is 10.8. The van der Waals surface area contributed by atoms with E-state index in [0.29, 0.717) is 0 Å². The Morgan fingerprint density at radius 3 is 1.77 bits per heavy atom.